The summed E-state index contributed by atoms with van der Waals surface area (Å²) in [5.74, 6) is 0. The second-order valence-electron chi connectivity index (χ2n) is 7.68. The van der Waals surface area contributed by atoms with E-state index in [4.69, 9.17) is 12.2 Å². The van der Waals surface area contributed by atoms with Gasteiger partial charge in [0.05, 0.1) is 4.99 Å². The van der Waals surface area contributed by atoms with Crippen molar-refractivity contribution in [2.75, 3.05) is 0 Å². The molecule has 0 radical (unpaired) electrons. The second kappa shape index (κ2) is 17.7. The predicted octanol–water partition coefficient (Wildman–Crippen LogP) is 8.48. The van der Waals surface area contributed by atoms with Crippen LogP contribution in [0.3, 0.4) is 0 Å². The van der Waals surface area contributed by atoms with E-state index >= 15 is 0 Å². The van der Waals surface area contributed by atoms with Gasteiger partial charge in [0, 0.05) is 6.04 Å². The van der Waals surface area contributed by atoms with Gasteiger partial charge in [-0.1, -0.05) is 106 Å². The summed E-state index contributed by atoms with van der Waals surface area (Å²) in [5.41, 5.74) is 1.30. The van der Waals surface area contributed by atoms with Crippen molar-refractivity contribution in [2.24, 2.45) is 0 Å². The molecule has 1 aromatic rings. The van der Waals surface area contributed by atoms with Crippen molar-refractivity contribution in [3.05, 3.63) is 60.2 Å². The van der Waals surface area contributed by atoms with Crippen LogP contribution in [0.2, 0.25) is 0 Å². The molecule has 0 heterocycles. The molecule has 156 valence electrons. The fraction of sp³-hybridized carbons (Fsp3) is 0.577. The summed E-state index contributed by atoms with van der Waals surface area (Å²) in [6.07, 6.45) is 24.3. The third-order valence-corrected chi connectivity index (χ3v) is 5.35. The molecule has 0 aliphatic rings. The Balaban J connectivity index is 1.92. The number of rotatable bonds is 16. The van der Waals surface area contributed by atoms with E-state index in [-0.39, 0.29) is 0 Å². The Morgan fingerprint density at radius 2 is 1.46 bits per heavy atom. The molecule has 0 saturated carbocycles. The lowest BCUT2D eigenvalue weighted by atomic mass is 10.1. The number of nitrogens with one attached hydrogen (secondary N) is 1. The van der Waals surface area contributed by atoms with Crippen molar-refractivity contribution in [3.63, 3.8) is 0 Å². The quantitative estimate of drug-likeness (QED) is 0.170. The minimum absolute atomic E-state index is 0.298. The van der Waals surface area contributed by atoms with Crippen LogP contribution in [0.1, 0.15) is 103 Å². The van der Waals surface area contributed by atoms with Crippen LogP contribution >= 0.6 is 12.2 Å². The molecule has 1 aromatic carbocycles. The molecule has 1 atom stereocenters. The highest BCUT2D eigenvalue weighted by Crippen LogP contribution is 2.13. The highest BCUT2D eigenvalue weighted by molar-refractivity contribution is 7.80. The smallest absolute Gasteiger partial charge is 0.0758 e. The maximum absolute atomic E-state index is 5.50. The molecule has 1 nitrogen and oxygen atoms in total. The zero-order valence-electron chi connectivity index (χ0n) is 18.2. The van der Waals surface area contributed by atoms with E-state index in [9.17, 15) is 0 Å². The fourth-order valence-electron chi connectivity index (χ4n) is 3.24. The zero-order chi connectivity index (χ0) is 20.3. The zero-order valence-corrected chi connectivity index (χ0v) is 19.0. The molecule has 0 fully saturated rings. The van der Waals surface area contributed by atoms with Gasteiger partial charge in [-0.2, -0.15) is 0 Å². The van der Waals surface area contributed by atoms with E-state index < -0.39 is 0 Å². The molecule has 1 rings (SSSR count). The first kappa shape index (κ1) is 24.6. The molecule has 1 N–H and O–H groups in total. The van der Waals surface area contributed by atoms with Crippen LogP contribution in [0.25, 0.3) is 0 Å². The second-order valence-corrected chi connectivity index (χ2v) is 8.17. The number of hydrogen-bond acceptors (Lipinski definition) is 1. The summed E-state index contributed by atoms with van der Waals surface area (Å²) in [6.45, 7) is 4.43. The fourth-order valence-corrected chi connectivity index (χ4v) is 3.56. The first-order valence-corrected chi connectivity index (χ1v) is 11.8. The molecule has 0 spiro atoms. The van der Waals surface area contributed by atoms with Gasteiger partial charge in [-0.25, -0.2) is 0 Å². The molecule has 0 aromatic heterocycles. The Kier molecular flexibility index (Phi) is 15.5. The normalized spacial score (nSPS) is 12.6. The van der Waals surface area contributed by atoms with Crippen LogP contribution in [0, 0.1) is 0 Å². The molecule has 2 heteroatoms. The van der Waals surface area contributed by atoms with Gasteiger partial charge in [0.1, 0.15) is 0 Å². The average Bonchev–Trinajstić information content (AvgIpc) is 2.71. The lowest BCUT2D eigenvalue weighted by molar-refractivity contribution is 0.620. The summed E-state index contributed by atoms with van der Waals surface area (Å²) in [7, 11) is 0. The van der Waals surface area contributed by atoms with E-state index in [0.29, 0.717) is 6.04 Å². The van der Waals surface area contributed by atoms with E-state index in [0.717, 1.165) is 17.8 Å². The van der Waals surface area contributed by atoms with Crippen molar-refractivity contribution in [1.29, 1.82) is 0 Å². The van der Waals surface area contributed by atoms with Gasteiger partial charge < -0.3 is 5.32 Å². The van der Waals surface area contributed by atoms with Gasteiger partial charge in [-0.05, 0) is 57.4 Å². The number of thiocarbonyl (C=S) groups is 1. The van der Waals surface area contributed by atoms with Crippen molar-refractivity contribution in [3.8, 4) is 0 Å². The van der Waals surface area contributed by atoms with Crippen LogP contribution in [-0.2, 0) is 0 Å². The number of benzene rings is 1. The molecule has 0 aliphatic carbocycles. The topological polar surface area (TPSA) is 12.0 Å². The maximum atomic E-state index is 5.50. The molecule has 0 amide bonds. The maximum Gasteiger partial charge on any atom is 0.0758 e. The number of allylic oxidation sites excluding steroid dienone is 4. The summed E-state index contributed by atoms with van der Waals surface area (Å²) < 4.78 is 0. The molecule has 1 unspecified atom stereocenters. The minimum atomic E-state index is 0.298. The summed E-state index contributed by atoms with van der Waals surface area (Å²) in [5, 5.41) is 3.46. The molecule has 0 aliphatic heterocycles. The van der Waals surface area contributed by atoms with E-state index in [1.807, 2.05) is 0 Å². The van der Waals surface area contributed by atoms with Gasteiger partial charge >= 0.3 is 0 Å². The van der Waals surface area contributed by atoms with Crippen molar-refractivity contribution < 1.29 is 0 Å². The lowest BCUT2D eigenvalue weighted by Crippen LogP contribution is -2.24. The van der Waals surface area contributed by atoms with Gasteiger partial charge in [-0.15, -0.1) is 0 Å². The van der Waals surface area contributed by atoms with Crippen LogP contribution in [0.4, 0.5) is 0 Å². The third-order valence-electron chi connectivity index (χ3n) is 5.03. The van der Waals surface area contributed by atoms with Gasteiger partial charge in [0.15, 0.2) is 0 Å². The van der Waals surface area contributed by atoms with Crippen LogP contribution < -0.4 is 5.32 Å². The standard InChI is InChI=1S/C26H41NS/c1-3-4-5-6-7-8-9-10-11-12-13-14-15-16-20-23-26(28)27-24(2)25-21-18-17-19-22-25/h7-8,10-11,17-19,21-22,24H,3-6,9,12-16,20,23H2,1-2H3,(H,27,28)/b8-7-,11-10-. The largest absolute Gasteiger partial charge is 0.373 e. The number of hydrogen-bond donors (Lipinski definition) is 1. The summed E-state index contributed by atoms with van der Waals surface area (Å²) in [6, 6.07) is 10.8. The van der Waals surface area contributed by atoms with Crippen LogP contribution in [-0.4, -0.2) is 4.99 Å². The first-order valence-electron chi connectivity index (χ1n) is 11.4. The van der Waals surface area contributed by atoms with Crippen LogP contribution in [0.15, 0.2) is 54.6 Å². The minimum Gasteiger partial charge on any atom is -0.373 e. The Morgan fingerprint density at radius 3 is 2.14 bits per heavy atom. The van der Waals surface area contributed by atoms with Gasteiger partial charge in [-0.3, -0.25) is 0 Å². The van der Waals surface area contributed by atoms with Crippen molar-refractivity contribution in [1.82, 2.24) is 5.32 Å². The highest BCUT2D eigenvalue weighted by Gasteiger charge is 2.05. The van der Waals surface area contributed by atoms with E-state index in [2.05, 4.69) is 73.8 Å². The predicted molar refractivity (Wildman–Crippen MR) is 130 cm³/mol. The monoisotopic (exact) mass is 399 g/mol. The van der Waals surface area contributed by atoms with Gasteiger partial charge in [0.25, 0.3) is 0 Å². The average molecular weight is 400 g/mol. The SMILES string of the molecule is CCCCC/C=C\C/C=C\CCCCCCCC(=S)NC(C)c1ccccc1. The van der Waals surface area contributed by atoms with E-state index in [1.54, 1.807) is 0 Å². The summed E-state index contributed by atoms with van der Waals surface area (Å²) >= 11 is 5.50. The number of unbranched alkanes of at least 4 members (excludes halogenated alkanes) is 8. The Hall–Kier alpha value is -1.41. The van der Waals surface area contributed by atoms with E-state index in [1.165, 1.54) is 69.8 Å². The molecule has 0 saturated heterocycles. The Bertz CT molecular complexity index is 547. The Labute approximate surface area is 179 Å². The molecule has 28 heavy (non-hydrogen) atoms. The first-order chi connectivity index (χ1) is 13.7. The lowest BCUT2D eigenvalue weighted by Gasteiger charge is -2.16. The molecule has 0 bridgehead atoms. The highest BCUT2D eigenvalue weighted by atomic mass is 32.1. The van der Waals surface area contributed by atoms with Crippen LogP contribution in [0.5, 0.6) is 0 Å². The Morgan fingerprint density at radius 1 is 0.857 bits per heavy atom. The van der Waals surface area contributed by atoms with Crippen molar-refractivity contribution in [2.45, 2.75) is 96.9 Å². The summed E-state index contributed by atoms with van der Waals surface area (Å²) in [4.78, 5) is 1.00. The third kappa shape index (κ3) is 13.7. The molecular weight excluding hydrogens is 358 g/mol. The van der Waals surface area contributed by atoms with Crippen molar-refractivity contribution >= 4 is 17.2 Å². The van der Waals surface area contributed by atoms with Gasteiger partial charge in [0.2, 0.25) is 0 Å². The molecular formula is C26H41NS.